The molecule has 1 heterocycles. The van der Waals surface area contributed by atoms with E-state index < -0.39 is 0 Å². The Hall–Kier alpha value is -3.02. The van der Waals surface area contributed by atoms with E-state index in [0.29, 0.717) is 11.7 Å². The standard InChI is InChI=1S/C23H19N3S2/c27-23(25-20-9-5-2-6-10-20)24-15-17-11-13-19(14-12-17)22-26-21(16-28-22)18-7-3-1-4-8-18/h1-14,16H,15H2,(H2,24,25,27). The molecule has 5 heteroatoms. The molecule has 0 saturated carbocycles. The summed E-state index contributed by atoms with van der Waals surface area (Å²) in [7, 11) is 0. The molecule has 0 spiro atoms. The molecule has 4 aromatic rings. The van der Waals surface area contributed by atoms with Crippen molar-refractivity contribution in [1.29, 1.82) is 0 Å². The van der Waals surface area contributed by atoms with E-state index in [2.05, 4.69) is 52.4 Å². The lowest BCUT2D eigenvalue weighted by atomic mass is 10.1. The molecule has 3 aromatic carbocycles. The molecule has 0 aliphatic carbocycles. The second kappa shape index (κ2) is 8.78. The summed E-state index contributed by atoms with van der Waals surface area (Å²) in [5.74, 6) is 0. The maximum atomic E-state index is 5.36. The minimum atomic E-state index is 0.614. The number of nitrogens with one attached hydrogen (secondary N) is 2. The van der Waals surface area contributed by atoms with Gasteiger partial charge in [0.25, 0.3) is 0 Å². The van der Waals surface area contributed by atoms with Gasteiger partial charge in [0.05, 0.1) is 5.69 Å². The van der Waals surface area contributed by atoms with E-state index in [4.69, 9.17) is 17.2 Å². The first kappa shape index (κ1) is 18.3. The molecule has 0 aliphatic rings. The monoisotopic (exact) mass is 401 g/mol. The van der Waals surface area contributed by atoms with Crippen molar-refractivity contribution in [3.8, 4) is 21.8 Å². The summed E-state index contributed by atoms with van der Waals surface area (Å²) >= 11 is 7.02. The molecule has 28 heavy (non-hydrogen) atoms. The van der Waals surface area contributed by atoms with Gasteiger partial charge in [-0.1, -0.05) is 72.8 Å². The summed E-state index contributed by atoms with van der Waals surface area (Å²) in [4.78, 5) is 4.77. The summed E-state index contributed by atoms with van der Waals surface area (Å²) in [6.07, 6.45) is 0. The van der Waals surface area contributed by atoms with E-state index in [1.807, 2.05) is 48.5 Å². The highest BCUT2D eigenvalue weighted by molar-refractivity contribution is 7.80. The van der Waals surface area contributed by atoms with Gasteiger partial charge >= 0.3 is 0 Å². The van der Waals surface area contributed by atoms with Crippen LogP contribution in [0.15, 0.2) is 90.3 Å². The van der Waals surface area contributed by atoms with E-state index in [-0.39, 0.29) is 0 Å². The van der Waals surface area contributed by atoms with Gasteiger partial charge < -0.3 is 10.6 Å². The Morgan fingerprint density at radius 3 is 2.21 bits per heavy atom. The van der Waals surface area contributed by atoms with Crippen molar-refractivity contribution >= 4 is 34.4 Å². The van der Waals surface area contributed by atoms with E-state index >= 15 is 0 Å². The average molecular weight is 402 g/mol. The number of rotatable bonds is 5. The van der Waals surface area contributed by atoms with Gasteiger partial charge in [0.15, 0.2) is 5.11 Å². The van der Waals surface area contributed by atoms with E-state index in [0.717, 1.165) is 27.5 Å². The lowest BCUT2D eigenvalue weighted by Crippen LogP contribution is -2.27. The normalized spacial score (nSPS) is 10.4. The van der Waals surface area contributed by atoms with Gasteiger partial charge in [-0.25, -0.2) is 4.98 Å². The Balaban J connectivity index is 1.36. The fourth-order valence-electron chi connectivity index (χ4n) is 2.79. The number of para-hydroxylation sites is 1. The van der Waals surface area contributed by atoms with E-state index in [1.54, 1.807) is 11.3 Å². The molecule has 0 bridgehead atoms. The molecular weight excluding hydrogens is 382 g/mol. The molecule has 0 aliphatic heterocycles. The lowest BCUT2D eigenvalue weighted by molar-refractivity contribution is 0.926. The lowest BCUT2D eigenvalue weighted by Gasteiger charge is -2.10. The van der Waals surface area contributed by atoms with Gasteiger partial charge in [0, 0.05) is 28.7 Å². The summed E-state index contributed by atoms with van der Waals surface area (Å²) < 4.78 is 0. The highest BCUT2D eigenvalue weighted by Crippen LogP contribution is 2.28. The van der Waals surface area contributed by atoms with E-state index in [9.17, 15) is 0 Å². The molecule has 0 saturated heterocycles. The fourth-order valence-corrected chi connectivity index (χ4v) is 3.82. The number of hydrogen-bond acceptors (Lipinski definition) is 3. The van der Waals surface area contributed by atoms with Crippen molar-refractivity contribution in [2.45, 2.75) is 6.54 Å². The Morgan fingerprint density at radius 2 is 1.50 bits per heavy atom. The number of hydrogen-bond donors (Lipinski definition) is 2. The van der Waals surface area contributed by atoms with Crippen LogP contribution < -0.4 is 10.6 Å². The van der Waals surface area contributed by atoms with Crippen LogP contribution in [0.25, 0.3) is 21.8 Å². The van der Waals surface area contributed by atoms with Crippen LogP contribution in [0.4, 0.5) is 5.69 Å². The fraction of sp³-hybridized carbons (Fsp3) is 0.0435. The van der Waals surface area contributed by atoms with Crippen molar-refractivity contribution in [3.05, 3.63) is 95.9 Å². The molecule has 4 rings (SSSR count). The zero-order valence-corrected chi connectivity index (χ0v) is 16.8. The molecule has 0 unspecified atom stereocenters. The van der Waals surface area contributed by atoms with Crippen LogP contribution in [0.1, 0.15) is 5.56 Å². The Kier molecular flexibility index (Phi) is 5.75. The molecule has 0 atom stereocenters. The SMILES string of the molecule is S=C(NCc1ccc(-c2nc(-c3ccccc3)cs2)cc1)Nc1ccccc1. The second-order valence-corrected chi connectivity index (χ2v) is 7.54. The van der Waals surface area contributed by atoms with Crippen LogP contribution in [0.5, 0.6) is 0 Å². The number of thiocarbonyl (C=S) groups is 1. The van der Waals surface area contributed by atoms with Crippen LogP contribution in [0.3, 0.4) is 0 Å². The molecule has 0 fully saturated rings. The Labute approximate surface area is 174 Å². The smallest absolute Gasteiger partial charge is 0.171 e. The molecule has 3 nitrogen and oxygen atoms in total. The van der Waals surface area contributed by atoms with Gasteiger partial charge in [-0.2, -0.15) is 0 Å². The predicted molar refractivity (Wildman–Crippen MR) is 122 cm³/mol. The molecule has 0 amide bonds. The van der Waals surface area contributed by atoms with Gasteiger partial charge in [0.2, 0.25) is 0 Å². The first-order valence-corrected chi connectivity index (χ1v) is 10.3. The zero-order chi connectivity index (χ0) is 19.2. The second-order valence-electron chi connectivity index (χ2n) is 6.27. The van der Waals surface area contributed by atoms with Gasteiger partial charge in [0.1, 0.15) is 5.01 Å². The summed E-state index contributed by atoms with van der Waals surface area (Å²) in [5, 5.41) is 10.2. The highest BCUT2D eigenvalue weighted by Gasteiger charge is 2.06. The number of benzene rings is 3. The zero-order valence-electron chi connectivity index (χ0n) is 15.1. The van der Waals surface area contributed by atoms with Gasteiger partial charge in [-0.15, -0.1) is 11.3 Å². The van der Waals surface area contributed by atoms with Gasteiger partial charge in [-0.3, -0.25) is 0 Å². The number of aromatic nitrogens is 1. The molecule has 0 radical (unpaired) electrons. The Morgan fingerprint density at radius 1 is 0.821 bits per heavy atom. The Bertz CT molecular complexity index is 1040. The molecule has 2 N–H and O–H groups in total. The van der Waals surface area contributed by atoms with Crippen molar-refractivity contribution in [1.82, 2.24) is 10.3 Å². The molecule has 1 aromatic heterocycles. The summed E-state index contributed by atoms with van der Waals surface area (Å²) in [6.45, 7) is 0.673. The minimum Gasteiger partial charge on any atom is -0.358 e. The largest absolute Gasteiger partial charge is 0.358 e. The third-order valence-corrected chi connectivity index (χ3v) is 5.40. The van der Waals surface area contributed by atoms with Crippen LogP contribution in [0, 0.1) is 0 Å². The van der Waals surface area contributed by atoms with Crippen LogP contribution in [0.2, 0.25) is 0 Å². The number of thiazole rings is 1. The van der Waals surface area contributed by atoms with Crippen molar-refractivity contribution in [2.24, 2.45) is 0 Å². The topological polar surface area (TPSA) is 37.0 Å². The average Bonchev–Trinajstić information content (AvgIpc) is 3.24. The van der Waals surface area contributed by atoms with E-state index in [1.165, 1.54) is 5.56 Å². The third-order valence-electron chi connectivity index (χ3n) is 4.26. The van der Waals surface area contributed by atoms with Crippen molar-refractivity contribution in [2.75, 3.05) is 5.32 Å². The summed E-state index contributed by atoms with van der Waals surface area (Å²) in [5.41, 5.74) is 5.43. The number of anilines is 1. The molecular formula is C23H19N3S2. The van der Waals surface area contributed by atoms with Crippen LogP contribution >= 0.6 is 23.6 Å². The molecule has 138 valence electrons. The third kappa shape index (κ3) is 4.63. The van der Waals surface area contributed by atoms with Crippen molar-refractivity contribution in [3.63, 3.8) is 0 Å². The minimum absolute atomic E-state index is 0.614. The quantitative estimate of drug-likeness (QED) is 0.404. The highest BCUT2D eigenvalue weighted by atomic mass is 32.1. The predicted octanol–water partition coefficient (Wildman–Crippen LogP) is 5.96. The maximum Gasteiger partial charge on any atom is 0.171 e. The first-order chi connectivity index (χ1) is 13.8. The van der Waals surface area contributed by atoms with Crippen LogP contribution in [-0.2, 0) is 6.54 Å². The first-order valence-electron chi connectivity index (χ1n) is 8.98. The number of nitrogens with zero attached hydrogens (tertiary/aromatic N) is 1. The van der Waals surface area contributed by atoms with Crippen molar-refractivity contribution < 1.29 is 0 Å². The van der Waals surface area contributed by atoms with Gasteiger partial charge in [-0.05, 0) is 29.9 Å². The maximum absolute atomic E-state index is 5.36. The van der Waals surface area contributed by atoms with Crippen LogP contribution in [-0.4, -0.2) is 10.1 Å². The summed E-state index contributed by atoms with van der Waals surface area (Å²) in [6, 6.07) is 28.6.